The van der Waals surface area contributed by atoms with E-state index in [4.69, 9.17) is 4.74 Å². The average molecular weight is 241 g/mol. The molecule has 1 rings (SSSR count). The minimum atomic E-state index is 0.657. The highest BCUT2D eigenvalue weighted by Gasteiger charge is 2.18. The Morgan fingerprint density at radius 2 is 1.82 bits per heavy atom. The molecule has 0 aliphatic heterocycles. The van der Waals surface area contributed by atoms with Gasteiger partial charge in [-0.1, -0.05) is 33.1 Å². The monoisotopic (exact) mass is 241 g/mol. The second kappa shape index (κ2) is 8.93. The van der Waals surface area contributed by atoms with Gasteiger partial charge >= 0.3 is 0 Å². The van der Waals surface area contributed by atoms with Gasteiger partial charge in [0, 0.05) is 19.3 Å². The van der Waals surface area contributed by atoms with Crippen LogP contribution in [0.3, 0.4) is 0 Å². The summed E-state index contributed by atoms with van der Waals surface area (Å²) in [5, 5.41) is 3.66. The van der Waals surface area contributed by atoms with Crippen LogP contribution in [0.4, 0.5) is 0 Å². The fourth-order valence-corrected chi connectivity index (χ4v) is 2.62. The summed E-state index contributed by atoms with van der Waals surface area (Å²) in [4.78, 5) is 0. The molecule has 0 saturated heterocycles. The maximum absolute atomic E-state index is 5.58. The number of hydrogen-bond acceptors (Lipinski definition) is 2. The predicted octanol–water partition coefficient (Wildman–Crippen LogP) is 3.61. The molecule has 0 radical (unpaired) electrons. The Kier molecular flexibility index (Phi) is 7.87. The van der Waals surface area contributed by atoms with Crippen molar-refractivity contribution in [1.82, 2.24) is 5.32 Å². The Hall–Kier alpha value is -0.0800. The zero-order valence-corrected chi connectivity index (χ0v) is 12.0. The molecule has 1 saturated carbocycles. The molecule has 1 atom stereocenters. The van der Waals surface area contributed by atoms with E-state index in [2.05, 4.69) is 26.1 Å². The van der Waals surface area contributed by atoms with Gasteiger partial charge in [-0.15, -0.1) is 0 Å². The first-order chi connectivity index (χ1) is 8.20. The first-order valence-electron chi connectivity index (χ1n) is 7.51. The van der Waals surface area contributed by atoms with E-state index in [0.29, 0.717) is 12.0 Å². The van der Waals surface area contributed by atoms with Crippen LogP contribution in [0.2, 0.25) is 0 Å². The van der Waals surface area contributed by atoms with Crippen molar-refractivity contribution in [2.24, 2.45) is 11.8 Å². The van der Waals surface area contributed by atoms with E-state index in [1.807, 2.05) is 0 Å². The van der Waals surface area contributed by atoms with Crippen molar-refractivity contribution < 1.29 is 4.74 Å². The molecule has 0 aromatic carbocycles. The third-order valence-corrected chi connectivity index (χ3v) is 3.74. The third kappa shape index (κ3) is 7.05. The van der Waals surface area contributed by atoms with Crippen LogP contribution in [0.15, 0.2) is 0 Å². The average Bonchev–Trinajstić information content (AvgIpc) is 2.34. The van der Waals surface area contributed by atoms with Gasteiger partial charge in [0.05, 0.1) is 0 Å². The van der Waals surface area contributed by atoms with Gasteiger partial charge in [-0.2, -0.15) is 0 Å². The van der Waals surface area contributed by atoms with Gasteiger partial charge in [-0.05, 0) is 44.6 Å². The normalized spacial score (nSPS) is 19.8. The number of ether oxygens (including phenoxy) is 1. The van der Waals surface area contributed by atoms with Crippen molar-refractivity contribution >= 4 is 0 Å². The molecule has 0 bridgehead atoms. The highest BCUT2D eigenvalue weighted by atomic mass is 16.5. The van der Waals surface area contributed by atoms with E-state index < -0.39 is 0 Å². The lowest BCUT2D eigenvalue weighted by atomic mass is 9.84. The molecule has 0 spiro atoms. The summed E-state index contributed by atoms with van der Waals surface area (Å²) in [7, 11) is 0. The van der Waals surface area contributed by atoms with E-state index >= 15 is 0 Å². The van der Waals surface area contributed by atoms with Gasteiger partial charge in [0.1, 0.15) is 0 Å². The molecule has 1 unspecified atom stereocenters. The minimum Gasteiger partial charge on any atom is -0.381 e. The summed E-state index contributed by atoms with van der Waals surface area (Å²) in [6.45, 7) is 9.66. The molecule has 1 aliphatic carbocycles. The Balaban J connectivity index is 1.94. The number of rotatable bonds is 8. The lowest BCUT2D eigenvalue weighted by molar-refractivity contribution is 0.107. The first kappa shape index (κ1) is 15.0. The molecule has 0 heterocycles. The van der Waals surface area contributed by atoms with Crippen molar-refractivity contribution in [3.8, 4) is 0 Å². The fraction of sp³-hybridized carbons (Fsp3) is 1.00. The summed E-state index contributed by atoms with van der Waals surface area (Å²) < 4.78 is 5.58. The van der Waals surface area contributed by atoms with Crippen LogP contribution in [0.25, 0.3) is 0 Å². The minimum absolute atomic E-state index is 0.657. The molecule has 0 aromatic heterocycles. The molecule has 2 heteroatoms. The Labute approximate surface area is 108 Å². The van der Waals surface area contributed by atoms with E-state index in [0.717, 1.165) is 32.1 Å². The molecule has 1 fully saturated rings. The summed E-state index contributed by atoms with van der Waals surface area (Å²) in [5.41, 5.74) is 0. The summed E-state index contributed by atoms with van der Waals surface area (Å²) in [5.74, 6) is 1.57. The second-order valence-corrected chi connectivity index (χ2v) is 5.96. The second-order valence-electron chi connectivity index (χ2n) is 5.96. The Morgan fingerprint density at radius 3 is 2.47 bits per heavy atom. The van der Waals surface area contributed by atoms with Crippen LogP contribution in [0, 0.1) is 11.8 Å². The highest BCUT2D eigenvalue weighted by Crippen LogP contribution is 2.26. The van der Waals surface area contributed by atoms with Crippen LogP contribution in [-0.2, 0) is 4.74 Å². The quantitative estimate of drug-likeness (QED) is 0.656. The lowest BCUT2D eigenvalue weighted by Crippen LogP contribution is -2.35. The highest BCUT2D eigenvalue weighted by molar-refractivity contribution is 4.75. The number of nitrogens with one attached hydrogen (secondary N) is 1. The smallest absolute Gasteiger partial charge is 0.0489 e. The van der Waals surface area contributed by atoms with Gasteiger partial charge in [-0.3, -0.25) is 0 Å². The van der Waals surface area contributed by atoms with Gasteiger partial charge in [0.2, 0.25) is 0 Å². The van der Waals surface area contributed by atoms with Crippen LogP contribution >= 0.6 is 0 Å². The predicted molar refractivity (Wildman–Crippen MR) is 74.3 cm³/mol. The van der Waals surface area contributed by atoms with Gasteiger partial charge in [-0.25, -0.2) is 0 Å². The topological polar surface area (TPSA) is 21.3 Å². The SMILES string of the molecule is CC(C)COCCCNC(C)C1CCCCC1. The van der Waals surface area contributed by atoms with E-state index in [9.17, 15) is 0 Å². The summed E-state index contributed by atoms with van der Waals surface area (Å²) in [6.07, 6.45) is 8.33. The van der Waals surface area contributed by atoms with Gasteiger partial charge in [0.25, 0.3) is 0 Å². The molecular formula is C15H31NO. The molecule has 2 nitrogen and oxygen atoms in total. The summed E-state index contributed by atoms with van der Waals surface area (Å²) >= 11 is 0. The third-order valence-electron chi connectivity index (χ3n) is 3.74. The number of hydrogen-bond donors (Lipinski definition) is 1. The van der Waals surface area contributed by atoms with E-state index in [-0.39, 0.29) is 0 Å². The zero-order chi connectivity index (χ0) is 12.5. The van der Waals surface area contributed by atoms with E-state index in [1.54, 1.807) is 0 Å². The molecule has 1 aliphatic rings. The van der Waals surface area contributed by atoms with Crippen LogP contribution in [-0.4, -0.2) is 25.8 Å². The molecule has 1 N–H and O–H groups in total. The fourth-order valence-electron chi connectivity index (χ4n) is 2.62. The maximum atomic E-state index is 5.58. The van der Waals surface area contributed by atoms with Crippen molar-refractivity contribution in [1.29, 1.82) is 0 Å². The molecule has 102 valence electrons. The van der Waals surface area contributed by atoms with Crippen molar-refractivity contribution in [2.45, 2.75) is 65.3 Å². The van der Waals surface area contributed by atoms with Gasteiger partial charge < -0.3 is 10.1 Å². The maximum Gasteiger partial charge on any atom is 0.0489 e. The molecular weight excluding hydrogens is 210 g/mol. The lowest BCUT2D eigenvalue weighted by Gasteiger charge is -2.28. The van der Waals surface area contributed by atoms with Crippen LogP contribution in [0.5, 0.6) is 0 Å². The standard InChI is InChI=1S/C15H31NO/c1-13(2)12-17-11-7-10-16-14(3)15-8-5-4-6-9-15/h13-16H,4-12H2,1-3H3. The Morgan fingerprint density at radius 1 is 1.12 bits per heavy atom. The van der Waals surface area contributed by atoms with Crippen LogP contribution < -0.4 is 5.32 Å². The van der Waals surface area contributed by atoms with Crippen molar-refractivity contribution in [3.05, 3.63) is 0 Å². The van der Waals surface area contributed by atoms with Gasteiger partial charge in [0.15, 0.2) is 0 Å². The molecule has 0 aromatic rings. The van der Waals surface area contributed by atoms with E-state index in [1.165, 1.54) is 32.1 Å². The van der Waals surface area contributed by atoms with Crippen molar-refractivity contribution in [2.75, 3.05) is 19.8 Å². The first-order valence-corrected chi connectivity index (χ1v) is 7.51. The Bertz CT molecular complexity index is 176. The van der Waals surface area contributed by atoms with Crippen LogP contribution in [0.1, 0.15) is 59.3 Å². The largest absolute Gasteiger partial charge is 0.381 e. The zero-order valence-electron chi connectivity index (χ0n) is 12.0. The van der Waals surface area contributed by atoms with Crippen molar-refractivity contribution in [3.63, 3.8) is 0 Å². The summed E-state index contributed by atoms with van der Waals surface area (Å²) in [6, 6.07) is 0.695. The molecule has 0 amide bonds. The molecule has 17 heavy (non-hydrogen) atoms.